The molecule has 5 aromatic rings. The van der Waals surface area contributed by atoms with E-state index in [-0.39, 0.29) is 29.5 Å². The highest BCUT2D eigenvalue weighted by Crippen LogP contribution is 2.31. The Hall–Kier alpha value is -4.28. The number of aromatic nitrogens is 7. The average Bonchev–Trinajstić information content (AvgIpc) is 3.39. The molecule has 0 aliphatic rings. The van der Waals surface area contributed by atoms with Gasteiger partial charge >= 0.3 is 11.9 Å². The molecule has 0 aliphatic heterocycles. The molecule has 4 aromatic heterocycles. The lowest BCUT2D eigenvalue weighted by Crippen LogP contribution is -2.18. The van der Waals surface area contributed by atoms with E-state index in [0.29, 0.717) is 22.6 Å². The van der Waals surface area contributed by atoms with Gasteiger partial charge in [-0.25, -0.2) is 19.4 Å². The number of rotatable bonds is 5. The van der Waals surface area contributed by atoms with Gasteiger partial charge in [-0.3, -0.25) is 9.55 Å². The van der Waals surface area contributed by atoms with Crippen LogP contribution in [0, 0.1) is 6.92 Å². The van der Waals surface area contributed by atoms with Crippen LogP contribution >= 0.6 is 0 Å². The Morgan fingerprint density at radius 1 is 1.08 bits per heavy atom. The maximum absolute atomic E-state index is 13.4. The summed E-state index contributed by atoms with van der Waals surface area (Å²) in [6.45, 7) is 5.74. The number of fused-ring (bicyclic) bond motifs is 1. The lowest BCUT2D eigenvalue weighted by atomic mass is 10.0. The van der Waals surface area contributed by atoms with E-state index >= 15 is 0 Å². The summed E-state index contributed by atoms with van der Waals surface area (Å²) in [5, 5.41) is 3.98. The molecule has 8 nitrogen and oxygen atoms in total. The second-order valence-electron chi connectivity index (χ2n) is 8.79. The molecular weight excluding hydrogens is 471 g/mol. The molecule has 1 aromatic carbocycles. The molecule has 36 heavy (non-hydrogen) atoms. The van der Waals surface area contributed by atoms with Gasteiger partial charge in [-0.2, -0.15) is 18.3 Å². The van der Waals surface area contributed by atoms with Gasteiger partial charge in [-0.05, 0) is 48.7 Å². The molecule has 11 heteroatoms. The molecular formula is C25H22F3N7O. The number of H-pyrrole nitrogens is 1. The minimum absolute atomic E-state index is 0.156. The summed E-state index contributed by atoms with van der Waals surface area (Å²) < 4.78 is 42.5. The van der Waals surface area contributed by atoms with E-state index in [2.05, 4.69) is 25.0 Å². The molecule has 0 spiro atoms. The highest BCUT2D eigenvalue weighted by atomic mass is 19.4. The van der Waals surface area contributed by atoms with Gasteiger partial charge in [0.2, 0.25) is 0 Å². The van der Waals surface area contributed by atoms with E-state index in [0.717, 1.165) is 22.0 Å². The molecule has 0 saturated heterocycles. The third kappa shape index (κ3) is 4.28. The number of hydrogen-bond donors (Lipinski definition) is 1. The second-order valence-corrected chi connectivity index (χ2v) is 8.79. The van der Waals surface area contributed by atoms with Crippen LogP contribution < -0.4 is 5.69 Å². The fourth-order valence-electron chi connectivity index (χ4n) is 4.11. The largest absolute Gasteiger partial charge is 0.433 e. The van der Waals surface area contributed by atoms with E-state index in [1.807, 2.05) is 26.0 Å². The summed E-state index contributed by atoms with van der Waals surface area (Å²) in [7, 11) is 0. The molecule has 0 saturated carbocycles. The van der Waals surface area contributed by atoms with Gasteiger partial charge in [0, 0.05) is 11.8 Å². The Labute approximate surface area is 203 Å². The SMILES string of the molecule is Cc1cc(C(F)(F)F)n(-c2ccc(Cn3c(=O)[nH]c4cnc(-c5cccnc5C(C)C)nc43)cc2)n1. The van der Waals surface area contributed by atoms with E-state index in [1.54, 1.807) is 36.7 Å². The van der Waals surface area contributed by atoms with Crippen molar-refractivity contribution in [2.75, 3.05) is 0 Å². The van der Waals surface area contributed by atoms with Gasteiger partial charge < -0.3 is 4.98 Å². The third-order valence-electron chi connectivity index (χ3n) is 5.78. The summed E-state index contributed by atoms with van der Waals surface area (Å²) in [5.41, 5.74) is 2.58. The molecule has 5 rings (SSSR count). The van der Waals surface area contributed by atoms with Crippen molar-refractivity contribution in [3.8, 4) is 17.1 Å². The van der Waals surface area contributed by atoms with Crippen LogP contribution in [0.4, 0.5) is 13.2 Å². The Morgan fingerprint density at radius 3 is 2.53 bits per heavy atom. The molecule has 0 bridgehead atoms. The maximum atomic E-state index is 13.4. The quantitative estimate of drug-likeness (QED) is 0.377. The number of benzene rings is 1. The Balaban J connectivity index is 1.50. The molecule has 0 fully saturated rings. The smallest absolute Gasteiger partial charge is 0.303 e. The van der Waals surface area contributed by atoms with E-state index in [1.165, 1.54) is 11.5 Å². The van der Waals surface area contributed by atoms with Crippen LogP contribution in [-0.4, -0.2) is 34.3 Å². The Kier molecular flexibility index (Phi) is 5.70. The first-order valence-electron chi connectivity index (χ1n) is 11.3. The van der Waals surface area contributed by atoms with Gasteiger partial charge in [0.15, 0.2) is 11.5 Å². The predicted molar refractivity (Wildman–Crippen MR) is 128 cm³/mol. The first kappa shape index (κ1) is 23.5. The summed E-state index contributed by atoms with van der Waals surface area (Å²) >= 11 is 0. The van der Waals surface area contributed by atoms with Crippen molar-refractivity contribution in [3.05, 3.63) is 88.0 Å². The van der Waals surface area contributed by atoms with Crippen molar-refractivity contribution in [2.45, 2.75) is 39.4 Å². The third-order valence-corrected chi connectivity index (χ3v) is 5.78. The molecule has 4 heterocycles. The number of aromatic amines is 1. The van der Waals surface area contributed by atoms with E-state index in [9.17, 15) is 18.0 Å². The zero-order chi connectivity index (χ0) is 25.6. The molecule has 0 radical (unpaired) electrons. The van der Waals surface area contributed by atoms with Crippen molar-refractivity contribution < 1.29 is 13.2 Å². The number of pyridine rings is 1. The van der Waals surface area contributed by atoms with Crippen molar-refractivity contribution in [1.82, 2.24) is 34.3 Å². The minimum Gasteiger partial charge on any atom is -0.303 e. The summed E-state index contributed by atoms with van der Waals surface area (Å²) in [5.74, 6) is 0.611. The van der Waals surface area contributed by atoms with Gasteiger partial charge in [0.1, 0.15) is 11.2 Å². The number of alkyl halides is 3. The first-order valence-corrected chi connectivity index (χ1v) is 11.3. The van der Waals surface area contributed by atoms with Crippen LogP contribution in [0.3, 0.4) is 0 Å². The van der Waals surface area contributed by atoms with Crippen molar-refractivity contribution in [2.24, 2.45) is 0 Å². The summed E-state index contributed by atoms with van der Waals surface area (Å²) in [6, 6.07) is 11.1. The lowest BCUT2D eigenvalue weighted by Gasteiger charge is -2.11. The fraction of sp³-hybridized carbons (Fsp3) is 0.240. The highest BCUT2D eigenvalue weighted by Gasteiger charge is 2.35. The molecule has 1 N–H and O–H groups in total. The standard InChI is InChI=1S/C25H22F3N7O/c1-14(2)21-18(5-4-10-29-21)22-30-12-19-23(32-22)34(24(36)31-19)13-16-6-8-17(9-7-16)35-20(25(26,27)28)11-15(3)33-35/h4-12,14H,13H2,1-3H3,(H,31,36). The molecule has 0 atom stereocenters. The van der Waals surface area contributed by atoms with Crippen LogP contribution in [0.1, 0.15) is 42.4 Å². The van der Waals surface area contributed by atoms with Crippen LogP contribution in [0.5, 0.6) is 0 Å². The average molecular weight is 493 g/mol. The summed E-state index contributed by atoms with van der Waals surface area (Å²) in [4.78, 5) is 29.0. The van der Waals surface area contributed by atoms with Crippen LogP contribution in [0.2, 0.25) is 0 Å². The van der Waals surface area contributed by atoms with E-state index < -0.39 is 11.9 Å². The van der Waals surface area contributed by atoms with Gasteiger partial charge in [-0.1, -0.05) is 26.0 Å². The predicted octanol–water partition coefficient (Wildman–Crippen LogP) is 4.87. The molecule has 0 aliphatic carbocycles. The number of nitrogens with one attached hydrogen (secondary N) is 1. The maximum Gasteiger partial charge on any atom is 0.433 e. The lowest BCUT2D eigenvalue weighted by molar-refractivity contribution is -0.142. The minimum atomic E-state index is -4.53. The van der Waals surface area contributed by atoms with Gasteiger partial charge in [0.25, 0.3) is 0 Å². The number of hydrogen-bond acceptors (Lipinski definition) is 5. The second kappa shape index (κ2) is 8.74. The number of halogens is 3. The Morgan fingerprint density at radius 2 is 1.83 bits per heavy atom. The van der Waals surface area contributed by atoms with Crippen LogP contribution in [-0.2, 0) is 12.7 Å². The highest BCUT2D eigenvalue weighted by molar-refractivity contribution is 5.73. The number of nitrogens with zero attached hydrogens (tertiary/aromatic N) is 6. The topological polar surface area (TPSA) is 94.3 Å². The fourth-order valence-corrected chi connectivity index (χ4v) is 4.11. The van der Waals surface area contributed by atoms with Gasteiger partial charge in [0.05, 0.1) is 29.8 Å². The Bertz CT molecular complexity index is 1610. The zero-order valence-electron chi connectivity index (χ0n) is 19.7. The van der Waals surface area contributed by atoms with E-state index in [4.69, 9.17) is 0 Å². The number of aryl methyl sites for hydroxylation is 1. The zero-order valence-corrected chi connectivity index (χ0v) is 19.7. The van der Waals surface area contributed by atoms with Crippen LogP contribution in [0.15, 0.2) is 59.7 Å². The van der Waals surface area contributed by atoms with Crippen molar-refractivity contribution in [3.63, 3.8) is 0 Å². The first-order chi connectivity index (χ1) is 17.1. The van der Waals surface area contributed by atoms with Crippen molar-refractivity contribution >= 4 is 11.2 Å². The normalized spacial score (nSPS) is 12.1. The molecule has 0 amide bonds. The summed E-state index contributed by atoms with van der Waals surface area (Å²) in [6.07, 6.45) is -1.25. The monoisotopic (exact) mass is 493 g/mol. The van der Waals surface area contributed by atoms with Crippen LogP contribution in [0.25, 0.3) is 28.2 Å². The van der Waals surface area contributed by atoms with Gasteiger partial charge in [-0.15, -0.1) is 0 Å². The molecule has 184 valence electrons. The van der Waals surface area contributed by atoms with Crippen molar-refractivity contribution in [1.29, 1.82) is 0 Å². The number of imidazole rings is 1. The molecule has 0 unspecified atom stereocenters.